The summed E-state index contributed by atoms with van der Waals surface area (Å²) in [6, 6.07) is 10.8. The van der Waals surface area contributed by atoms with Gasteiger partial charge in [-0.3, -0.25) is 0 Å². The first-order chi connectivity index (χ1) is 8.24. The van der Waals surface area contributed by atoms with Crippen LogP contribution in [0.15, 0.2) is 30.3 Å². The van der Waals surface area contributed by atoms with Gasteiger partial charge in [-0.05, 0) is 45.3 Å². The quantitative estimate of drug-likeness (QED) is 0.852. The maximum absolute atomic E-state index is 5.35. The molecule has 1 aliphatic rings. The molecular weight excluding hydrogens is 208 g/mol. The highest BCUT2D eigenvalue weighted by Crippen LogP contribution is 2.10. The van der Waals surface area contributed by atoms with Crippen molar-refractivity contribution in [1.82, 2.24) is 4.90 Å². The van der Waals surface area contributed by atoms with Gasteiger partial charge in [0.05, 0.1) is 0 Å². The number of benzene rings is 1. The van der Waals surface area contributed by atoms with Gasteiger partial charge >= 0.3 is 0 Å². The van der Waals surface area contributed by atoms with Crippen molar-refractivity contribution >= 4 is 0 Å². The maximum Gasteiger partial charge on any atom is 0.0178 e. The van der Waals surface area contributed by atoms with Crippen molar-refractivity contribution in [3.63, 3.8) is 0 Å². The molecule has 0 aliphatic carbocycles. The van der Waals surface area contributed by atoms with Crippen molar-refractivity contribution in [2.24, 2.45) is 5.73 Å². The summed E-state index contributed by atoms with van der Waals surface area (Å²) in [6.45, 7) is 7.87. The van der Waals surface area contributed by atoms with Crippen LogP contribution in [0.4, 0.5) is 0 Å². The largest absolute Gasteiger partial charge is 0.326 e. The molecule has 0 atom stereocenters. The summed E-state index contributed by atoms with van der Waals surface area (Å²) in [4.78, 5) is 2.56. The highest BCUT2D eigenvalue weighted by molar-refractivity contribution is 5.13. The Morgan fingerprint density at radius 3 is 2.00 bits per heavy atom. The lowest BCUT2D eigenvalue weighted by Gasteiger charge is -2.29. The molecule has 2 N–H and O–H groups in total. The Morgan fingerprint density at radius 2 is 1.65 bits per heavy atom. The predicted molar refractivity (Wildman–Crippen MR) is 74.9 cm³/mol. The van der Waals surface area contributed by atoms with Crippen LogP contribution in [0.3, 0.4) is 0 Å². The summed E-state index contributed by atoms with van der Waals surface area (Å²) in [5.74, 6) is 0. The minimum Gasteiger partial charge on any atom is -0.326 e. The third-order valence-corrected chi connectivity index (χ3v) is 3.20. The second-order valence-electron chi connectivity index (χ2n) is 4.88. The van der Waals surface area contributed by atoms with Gasteiger partial charge in [-0.1, -0.05) is 36.8 Å². The number of rotatable bonds is 2. The molecule has 0 radical (unpaired) electrons. The van der Waals surface area contributed by atoms with E-state index < -0.39 is 0 Å². The molecule has 0 aromatic heterocycles. The van der Waals surface area contributed by atoms with E-state index in [1.54, 1.807) is 0 Å². The normalized spacial score (nSPS) is 16.5. The van der Waals surface area contributed by atoms with E-state index >= 15 is 0 Å². The zero-order chi connectivity index (χ0) is 12.5. The van der Waals surface area contributed by atoms with Crippen LogP contribution in [0, 0.1) is 0 Å². The van der Waals surface area contributed by atoms with Gasteiger partial charge in [-0.2, -0.15) is 0 Å². The standard InChI is InChI=1S/C8H17N.C7H9N/c1-8(2)9-6-4-3-5-7-9;8-6-7-4-2-1-3-5-7/h8H,3-7H2,1-2H3;1-5H,6,8H2. The number of piperidine rings is 1. The van der Waals surface area contributed by atoms with E-state index in [9.17, 15) is 0 Å². The average Bonchev–Trinajstić information content (AvgIpc) is 2.41. The number of hydrogen-bond donors (Lipinski definition) is 1. The van der Waals surface area contributed by atoms with Crippen molar-refractivity contribution in [1.29, 1.82) is 0 Å². The molecule has 1 heterocycles. The van der Waals surface area contributed by atoms with Gasteiger partial charge in [0, 0.05) is 12.6 Å². The molecule has 2 nitrogen and oxygen atoms in total. The van der Waals surface area contributed by atoms with Gasteiger partial charge in [0.25, 0.3) is 0 Å². The third kappa shape index (κ3) is 5.85. The van der Waals surface area contributed by atoms with E-state index in [0.29, 0.717) is 6.54 Å². The van der Waals surface area contributed by atoms with Crippen LogP contribution in [0.25, 0.3) is 0 Å². The second-order valence-corrected chi connectivity index (χ2v) is 4.88. The summed E-state index contributed by atoms with van der Waals surface area (Å²) >= 11 is 0. The van der Waals surface area contributed by atoms with E-state index in [1.807, 2.05) is 30.3 Å². The van der Waals surface area contributed by atoms with Crippen LogP contribution in [-0.4, -0.2) is 24.0 Å². The SMILES string of the molecule is CC(C)N1CCCCC1.NCc1ccccc1. The molecule has 17 heavy (non-hydrogen) atoms. The predicted octanol–water partition coefficient (Wildman–Crippen LogP) is 3.03. The molecule has 0 bridgehead atoms. The van der Waals surface area contributed by atoms with E-state index in [1.165, 1.54) is 37.9 Å². The van der Waals surface area contributed by atoms with E-state index in [2.05, 4.69) is 18.7 Å². The summed E-state index contributed by atoms with van der Waals surface area (Å²) in [5.41, 5.74) is 6.54. The summed E-state index contributed by atoms with van der Waals surface area (Å²) < 4.78 is 0. The molecule has 2 rings (SSSR count). The van der Waals surface area contributed by atoms with Gasteiger partial charge < -0.3 is 10.6 Å². The van der Waals surface area contributed by atoms with Crippen LogP contribution in [0.2, 0.25) is 0 Å². The van der Waals surface area contributed by atoms with Gasteiger partial charge in [-0.25, -0.2) is 0 Å². The Bertz CT molecular complexity index is 276. The minimum absolute atomic E-state index is 0.640. The van der Waals surface area contributed by atoms with Crippen LogP contribution >= 0.6 is 0 Å². The Kier molecular flexibility index (Phi) is 6.90. The Morgan fingerprint density at radius 1 is 1.06 bits per heavy atom. The van der Waals surface area contributed by atoms with Gasteiger partial charge in [0.15, 0.2) is 0 Å². The summed E-state index contributed by atoms with van der Waals surface area (Å²) in [7, 11) is 0. The first-order valence-corrected chi connectivity index (χ1v) is 6.72. The maximum atomic E-state index is 5.35. The summed E-state index contributed by atoms with van der Waals surface area (Å²) in [6.07, 6.45) is 4.28. The molecule has 1 fully saturated rings. The van der Waals surface area contributed by atoms with E-state index in [4.69, 9.17) is 5.73 Å². The van der Waals surface area contributed by atoms with Crippen LogP contribution in [0.1, 0.15) is 38.7 Å². The number of likely N-dealkylation sites (tertiary alicyclic amines) is 1. The fourth-order valence-corrected chi connectivity index (χ4v) is 2.05. The Hall–Kier alpha value is -0.860. The first-order valence-electron chi connectivity index (χ1n) is 6.72. The molecule has 2 heteroatoms. The average molecular weight is 234 g/mol. The second kappa shape index (κ2) is 8.26. The van der Waals surface area contributed by atoms with E-state index in [0.717, 1.165) is 6.04 Å². The molecule has 1 aromatic rings. The lowest BCUT2D eigenvalue weighted by molar-refractivity contribution is 0.185. The highest BCUT2D eigenvalue weighted by Gasteiger charge is 2.11. The zero-order valence-electron chi connectivity index (χ0n) is 11.2. The fraction of sp³-hybridized carbons (Fsp3) is 0.600. The highest BCUT2D eigenvalue weighted by atomic mass is 15.1. The number of nitrogens with zero attached hydrogens (tertiary/aromatic N) is 1. The van der Waals surface area contributed by atoms with Crippen molar-refractivity contribution in [3.05, 3.63) is 35.9 Å². The van der Waals surface area contributed by atoms with Crippen LogP contribution in [0.5, 0.6) is 0 Å². The monoisotopic (exact) mass is 234 g/mol. The number of hydrogen-bond acceptors (Lipinski definition) is 2. The third-order valence-electron chi connectivity index (χ3n) is 3.20. The topological polar surface area (TPSA) is 29.3 Å². The van der Waals surface area contributed by atoms with Crippen molar-refractivity contribution in [3.8, 4) is 0 Å². The van der Waals surface area contributed by atoms with Gasteiger partial charge in [-0.15, -0.1) is 0 Å². The van der Waals surface area contributed by atoms with Crippen LogP contribution in [-0.2, 0) is 6.54 Å². The molecule has 0 spiro atoms. The molecule has 1 aromatic carbocycles. The van der Waals surface area contributed by atoms with Gasteiger partial charge in [0.2, 0.25) is 0 Å². The molecular formula is C15H26N2. The lowest BCUT2D eigenvalue weighted by Crippen LogP contribution is -2.35. The molecule has 0 amide bonds. The van der Waals surface area contributed by atoms with Crippen molar-refractivity contribution in [2.45, 2.75) is 45.7 Å². The fourth-order valence-electron chi connectivity index (χ4n) is 2.05. The van der Waals surface area contributed by atoms with Crippen molar-refractivity contribution < 1.29 is 0 Å². The molecule has 1 saturated heterocycles. The first kappa shape index (κ1) is 14.2. The van der Waals surface area contributed by atoms with Gasteiger partial charge in [0.1, 0.15) is 0 Å². The lowest BCUT2D eigenvalue weighted by atomic mass is 10.1. The van der Waals surface area contributed by atoms with Crippen molar-refractivity contribution in [2.75, 3.05) is 13.1 Å². The Balaban J connectivity index is 0.000000171. The smallest absolute Gasteiger partial charge is 0.0178 e. The zero-order valence-corrected chi connectivity index (χ0v) is 11.2. The summed E-state index contributed by atoms with van der Waals surface area (Å²) in [5, 5.41) is 0. The molecule has 1 aliphatic heterocycles. The minimum atomic E-state index is 0.640. The Labute approximate surface area is 106 Å². The molecule has 96 valence electrons. The number of nitrogens with two attached hydrogens (primary N) is 1. The van der Waals surface area contributed by atoms with E-state index in [-0.39, 0.29) is 0 Å². The molecule has 0 unspecified atom stereocenters. The molecule has 0 saturated carbocycles. The van der Waals surface area contributed by atoms with Crippen LogP contribution < -0.4 is 5.73 Å².